The third kappa shape index (κ3) is 3.58. The van der Waals surface area contributed by atoms with E-state index in [-0.39, 0.29) is 18.3 Å². The van der Waals surface area contributed by atoms with Crippen LogP contribution in [0.3, 0.4) is 0 Å². The van der Waals surface area contributed by atoms with Crippen LogP contribution in [0.5, 0.6) is 0 Å². The van der Waals surface area contributed by atoms with Crippen molar-refractivity contribution in [2.45, 2.75) is 13.1 Å². The van der Waals surface area contributed by atoms with Gasteiger partial charge in [0.1, 0.15) is 11.6 Å². The van der Waals surface area contributed by atoms with Crippen molar-refractivity contribution in [2.75, 3.05) is 0 Å². The summed E-state index contributed by atoms with van der Waals surface area (Å²) in [5.74, 6) is 0.262. The highest BCUT2D eigenvalue weighted by Crippen LogP contribution is 2.19. The SMILES string of the molecule is O=C(NCc1nc2ccccc2n1Cc1ccccc1F)c1ccccc1. The maximum atomic E-state index is 14.1. The van der Waals surface area contributed by atoms with Crippen molar-refractivity contribution >= 4 is 16.9 Å². The fourth-order valence-electron chi connectivity index (χ4n) is 3.08. The minimum atomic E-state index is -0.255. The average Bonchev–Trinajstić information content (AvgIpc) is 3.06. The van der Waals surface area contributed by atoms with Crippen molar-refractivity contribution in [3.05, 3.63) is 102 Å². The first-order chi connectivity index (χ1) is 13.2. The number of halogens is 1. The van der Waals surface area contributed by atoms with Crippen molar-refractivity contribution in [3.63, 3.8) is 0 Å². The summed E-state index contributed by atoms with van der Waals surface area (Å²) in [7, 11) is 0. The van der Waals surface area contributed by atoms with Crippen LogP contribution in [0.15, 0.2) is 78.9 Å². The van der Waals surface area contributed by atoms with Crippen LogP contribution in [0.4, 0.5) is 4.39 Å². The maximum absolute atomic E-state index is 14.1. The Labute approximate surface area is 156 Å². The van der Waals surface area contributed by atoms with Crippen LogP contribution in [0.1, 0.15) is 21.7 Å². The van der Waals surface area contributed by atoms with E-state index in [0.717, 1.165) is 11.0 Å². The Bertz CT molecular complexity index is 1090. The fraction of sp³-hybridized carbons (Fsp3) is 0.0909. The summed E-state index contributed by atoms with van der Waals surface area (Å²) in [6.07, 6.45) is 0. The van der Waals surface area contributed by atoms with Gasteiger partial charge in [0.2, 0.25) is 0 Å². The van der Waals surface area contributed by atoms with Crippen molar-refractivity contribution < 1.29 is 9.18 Å². The Kier molecular flexibility index (Phi) is 4.66. The van der Waals surface area contributed by atoms with Crippen molar-refractivity contribution in [2.24, 2.45) is 0 Å². The molecule has 0 bridgehead atoms. The van der Waals surface area contributed by atoms with E-state index in [1.807, 2.05) is 53.1 Å². The number of rotatable bonds is 5. The topological polar surface area (TPSA) is 46.9 Å². The molecule has 27 heavy (non-hydrogen) atoms. The molecule has 4 nitrogen and oxygen atoms in total. The van der Waals surface area contributed by atoms with Gasteiger partial charge >= 0.3 is 0 Å². The molecule has 0 atom stereocenters. The number of imidazole rings is 1. The molecular formula is C22H18FN3O. The Morgan fingerprint density at radius 3 is 2.44 bits per heavy atom. The molecule has 0 saturated heterocycles. The molecule has 0 saturated carbocycles. The van der Waals surface area contributed by atoms with Crippen molar-refractivity contribution in [1.29, 1.82) is 0 Å². The lowest BCUT2D eigenvalue weighted by Crippen LogP contribution is -2.24. The fourth-order valence-corrected chi connectivity index (χ4v) is 3.08. The molecule has 0 radical (unpaired) electrons. The molecule has 0 aliphatic heterocycles. The second-order valence-electron chi connectivity index (χ2n) is 6.24. The van der Waals surface area contributed by atoms with E-state index in [4.69, 9.17) is 0 Å². The first kappa shape index (κ1) is 17.0. The number of amides is 1. The van der Waals surface area contributed by atoms with Crippen LogP contribution in [0, 0.1) is 5.82 Å². The van der Waals surface area contributed by atoms with E-state index >= 15 is 0 Å². The normalized spacial score (nSPS) is 10.9. The van der Waals surface area contributed by atoms with Crippen LogP contribution < -0.4 is 5.32 Å². The average molecular weight is 359 g/mol. The van der Waals surface area contributed by atoms with Gasteiger partial charge in [-0.05, 0) is 30.3 Å². The van der Waals surface area contributed by atoms with Gasteiger partial charge in [-0.25, -0.2) is 9.37 Å². The molecule has 1 amide bonds. The van der Waals surface area contributed by atoms with Gasteiger partial charge < -0.3 is 9.88 Å². The van der Waals surface area contributed by atoms with Gasteiger partial charge in [0.25, 0.3) is 5.91 Å². The number of nitrogens with zero attached hydrogens (tertiary/aromatic N) is 2. The lowest BCUT2D eigenvalue weighted by Gasteiger charge is -2.11. The number of benzene rings is 3. The maximum Gasteiger partial charge on any atom is 0.251 e. The van der Waals surface area contributed by atoms with Crippen LogP contribution in [-0.4, -0.2) is 15.5 Å². The summed E-state index contributed by atoms with van der Waals surface area (Å²) in [5, 5.41) is 2.90. The highest BCUT2D eigenvalue weighted by molar-refractivity contribution is 5.94. The number of aromatic nitrogens is 2. The van der Waals surface area contributed by atoms with Crippen LogP contribution >= 0.6 is 0 Å². The molecular weight excluding hydrogens is 341 g/mol. The lowest BCUT2D eigenvalue weighted by atomic mass is 10.2. The van der Waals surface area contributed by atoms with Gasteiger partial charge in [-0.2, -0.15) is 0 Å². The molecule has 1 heterocycles. The Balaban J connectivity index is 1.64. The van der Waals surface area contributed by atoms with Gasteiger partial charge in [-0.15, -0.1) is 0 Å². The molecule has 5 heteroatoms. The monoisotopic (exact) mass is 359 g/mol. The summed E-state index contributed by atoms with van der Waals surface area (Å²) in [6, 6.07) is 23.4. The molecule has 4 aromatic rings. The van der Waals surface area contributed by atoms with E-state index in [1.54, 1.807) is 24.3 Å². The largest absolute Gasteiger partial charge is 0.345 e. The standard InChI is InChI=1S/C22H18FN3O/c23-18-11-5-4-10-17(18)15-26-20-13-7-6-12-19(20)25-21(26)14-24-22(27)16-8-2-1-3-9-16/h1-13H,14-15H2,(H,24,27). The predicted molar refractivity (Wildman–Crippen MR) is 103 cm³/mol. The number of carbonyl (C=O) groups excluding carboxylic acids is 1. The number of fused-ring (bicyclic) bond motifs is 1. The first-order valence-electron chi connectivity index (χ1n) is 8.73. The molecule has 4 rings (SSSR count). The van der Waals surface area contributed by atoms with E-state index in [1.165, 1.54) is 6.07 Å². The number of nitrogens with one attached hydrogen (secondary N) is 1. The molecule has 0 aliphatic rings. The molecule has 0 aliphatic carbocycles. The van der Waals surface area contributed by atoms with Crippen LogP contribution in [0.2, 0.25) is 0 Å². The van der Waals surface area contributed by atoms with Gasteiger partial charge in [-0.1, -0.05) is 48.5 Å². The zero-order valence-electron chi connectivity index (χ0n) is 14.6. The second-order valence-corrected chi connectivity index (χ2v) is 6.24. The predicted octanol–water partition coefficient (Wildman–Crippen LogP) is 4.15. The smallest absolute Gasteiger partial charge is 0.251 e. The summed E-state index contributed by atoms with van der Waals surface area (Å²) in [4.78, 5) is 17.0. The summed E-state index contributed by atoms with van der Waals surface area (Å²) >= 11 is 0. The minimum absolute atomic E-state index is 0.167. The molecule has 0 fully saturated rings. The third-order valence-electron chi connectivity index (χ3n) is 4.46. The second kappa shape index (κ2) is 7.41. The zero-order chi connectivity index (χ0) is 18.6. The quantitative estimate of drug-likeness (QED) is 0.582. The zero-order valence-corrected chi connectivity index (χ0v) is 14.6. The van der Waals surface area contributed by atoms with Gasteiger partial charge in [0, 0.05) is 11.1 Å². The Morgan fingerprint density at radius 2 is 1.63 bits per heavy atom. The van der Waals surface area contributed by atoms with Crippen LogP contribution in [-0.2, 0) is 13.1 Å². The van der Waals surface area contributed by atoms with Crippen molar-refractivity contribution in [3.8, 4) is 0 Å². The first-order valence-corrected chi connectivity index (χ1v) is 8.73. The highest BCUT2D eigenvalue weighted by Gasteiger charge is 2.14. The summed E-state index contributed by atoms with van der Waals surface area (Å²) < 4.78 is 16.1. The molecule has 134 valence electrons. The molecule has 1 N–H and O–H groups in total. The molecule has 0 spiro atoms. The van der Waals surface area contributed by atoms with E-state index < -0.39 is 0 Å². The van der Waals surface area contributed by atoms with Gasteiger partial charge in [0.05, 0.1) is 24.1 Å². The van der Waals surface area contributed by atoms with Crippen molar-refractivity contribution in [1.82, 2.24) is 14.9 Å². The van der Waals surface area contributed by atoms with E-state index in [9.17, 15) is 9.18 Å². The number of para-hydroxylation sites is 2. The molecule has 1 aromatic heterocycles. The van der Waals surface area contributed by atoms with Gasteiger partial charge in [0.15, 0.2) is 0 Å². The summed E-state index contributed by atoms with van der Waals surface area (Å²) in [5.41, 5.74) is 2.90. The minimum Gasteiger partial charge on any atom is -0.345 e. The van der Waals surface area contributed by atoms with E-state index in [0.29, 0.717) is 23.5 Å². The molecule has 0 unspecified atom stereocenters. The molecule has 3 aromatic carbocycles. The Morgan fingerprint density at radius 1 is 0.926 bits per heavy atom. The van der Waals surface area contributed by atoms with E-state index in [2.05, 4.69) is 10.3 Å². The number of hydrogen-bond acceptors (Lipinski definition) is 2. The highest BCUT2D eigenvalue weighted by atomic mass is 19.1. The van der Waals surface area contributed by atoms with Crippen LogP contribution in [0.25, 0.3) is 11.0 Å². The lowest BCUT2D eigenvalue weighted by molar-refractivity contribution is 0.0949. The third-order valence-corrected chi connectivity index (χ3v) is 4.46. The summed E-state index contributed by atoms with van der Waals surface area (Å²) in [6.45, 7) is 0.612. The van der Waals surface area contributed by atoms with Gasteiger partial charge in [-0.3, -0.25) is 4.79 Å². The number of carbonyl (C=O) groups is 1. The number of hydrogen-bond donors (Lipinski definition) is 1. The Hall–Kier alpha value is -3.47.